The molecule has 1 heterocycles. The second-order valence-electron chi connectivity index (χ2n) is 4.82. The van der Waals surface area contributed by atoms with Crippen LogP contribution in [0.1, 0.15) is 16.7 Å². The zero-order chi connectivity index (χ0) is 13.2. The Morgan fingerprint density at radius 2 is 1.58 bits per heavy atom. The number of amides is 1. The average molecular weight is 272 g/mol. The van der Waals surface area contributed by atoms with Gasteiger partial charge < -0.3 is 4.90 Å². The van der Waals surface area contributed by atoms with Gasteiger partial charge >= 0.3 is 0 Å². The fourth-order valence-electron chi connectivity index (χ4n) is 2.40. The first-order valence-electron chi connectivity index (χ1n) is 6.31. The Bertz CT molecular complexity index is 581. The zero-order valence-corrected chi connectivity index (χ0v) is 11.2. The van der Waals surface area contributed by atoms with Gasteiger partial charge in [-0.2, -0.15) is 0 Å². The normalized spacial score (nSPS) is 13.4. The van der Waals surface area contributed by atoms with Crippen LogP contribution in [0.3, 0.4) is 0 Å². The van der Waals surface area contributed by atoms with Crippen LogP contribution >= 0.6 is 11.6 Å². The van der Waals surface area contributed by atoms with Crippen LogP contribution in [0.15, 0.2) is 48.5 Å². The topological polar surface area (TPSA) is 20.3 Å². The third-order valence-corrected chi connectivity index (χ3v) is 3.71. The SMILES string of the molecule is O=C(Cc1ccc(Cl)cc1)N1Cc2ccccc2C1. The molecule has 0 atom stereocenters. The minimum absolute atomic E-state index is 0.165. The Hall–Kier alpha value is -1.80. The largest absolute Gasteiger partial charge is 0.334 e. The Labute approximate surface area is 117 Å². The molecular weight excluding hydrogens is 258 g/mol. The lowest BCUT2D eigenvalue weighted by Crippen LogP contribution is -2.26. The molecule has 0 bridgehead atoms. The lowest BCUT2D eigenvalue weighted by Gasteiger charge is -2.15. The van der Waals surface area contributed by atoms with Gasteiger partial charge in [-0.15, -0.1) is 0 Å². The van der Waals surface area contributed by atoms with E-state index in [-0.39, 0.29) is 5.91 Å². The van der Waals surface area contributed by atoms with Crippen LogP contribution < -0.4 is 0 Å². The molecule has 19 heavy (non-hydrogen) atoms. The number of halogens is 1. The number of hydrogen-bond acceptors (Lipinski definition) is 1. The minimum Gasteiger partial charge on any atom is -0.334 e. The molecular formula is C16H14ClNO. The summed E-state index contributed by atoms with van der Waals surface area (Å²) in [6.07, 6.45) is 0.436. The van der Waals surface area contributed by atoms with E-state index in [1.54, 1.807) is 0 Å². The van der Waals surface area contributed by atoms with Gasteiger partial charge in [0, 0.05) is 18.1 Å². The van der Waals surface area contributed by atoms with Crippen LogP contribution in [-0.2, 0) is 24.3 Å². The number of rotatable bonds is 2. The molecule has 3 heteroatoms. The minimum atomic E-state index is 0.165. The number of nitrogens with zero attached hydrogens (tertiary/aromatic N) is 1. The van der Waals surface area contributed by atoms with Crippen LogP contribution in [0.5, 0.6) is 0 Å². The third-order valence-electron chi connectivity index (χ3n) is 3.46. The van der Waals surface area contributed by atoms with E-state index < -0.39 is 0 Å². The number of benzene rings is 2. The molecule has 0 saturated carbocycles. The molecule has 1 aliphatic rings. The number of hydrogen-bond donors (Lipinski definition) is 0. The van der Waals surface area contributed by atoms with E-state index in [2.05, 4.69) is 12.1 Å². The molecule has 0 radical (unpaired) electrons. The molecule has 2 aromatic rings. The maximum absolute atomic E-state index is 12.3. The molecule has 0 fully saturated rings. The fraction of sp³-hybridized carbons (Fsp3) is 0.188. The summed E-state index contributed by atoms with van der Waals surface area (Å²) in [7, 11) is 0. The lowest BCUT2D eigenvalue weighted by atomic mass is 10.1. The van der Waals surface area contributed by atoms with Gasteiger partial charge in [0.15, 0.2) is 0 Å². The van der Waals surface area contributed by atoms with Crippen molar-refractivity contribution >= 4 is 17.5 Å². The summed E-state index contributed by atoms with van der Waals surface area (Å²) in [6, 6.07) is 15.7. The maximum atomic E-state index is 12.3. The highest BCUT2D eigenvalue weighted by Gasteiger charge is 2.22. The molecule has 0 aliphatic carbocycles. The third kappa shape index (κ3) is 2.64. The zero-order valence-electron chi connectivity index (χ0n) is 10.5. The highest BCUT2D eigenvalue weighted by atomic mass is 35.5. The van der Waals surface area contributed by atoms with Gasteiger partial charge in [-0.3, -0.25) is 4.79 Å². The summed E-state index contributed by atoms with van der Waals surface area (Å²) in [5.41, 5.74) is 3.52. The summed E-state index contributed by atoms with van der Waals surface area (Å²) >= 11 is 5.84. The number of carbonyl (C=O) groups is 1. The van der Waals surface area contributed by atoms with E-state index in [0.717, 1.165) is 18.7 Å². The second kappa shape index (κ2) is 5.06. The van der Waals surface area contributed by atoms with Crippen molar-refractivity contribution in [1.82, 2.24) is 4.90 Å². The molecule has 2 aromatic carbocycles. The van der Waals surface area contributed by atoms with Crippen molar-refractivity contribution in [2.24, 2.45) is 0 Å². The molecule has 0 spiro atoms. The van der Waals surface area contributed by atoms with Crippen molar-refractivity contribution in [1.29, 1.82) is 0 Å². The summed E-state index contributed by atoms with van der Waals surface area (Å²) in [5.74, 6) is 0.165. The van der Waals surface area contributed by atoms with E-state index in [0.29, 0.717) is 11.4 Å². The molecule has 0 unspecified atom stereocenters. The average Bonchev–Trinajstić information content (AvgIpc) is 2.85. The number of carbonyl (C=O) groups excluding carboxylic acids is 1. The van der Waals surface area contributed by atoms with Crippen molar-refractivity contribution < 1.29 is 4.79 Å². The van der Waals surface area contributed by atoms with Crippen molar-refractivity contribution in [3.05, 3.63) is 70.2 Å². The monoisotopic (exact) mass is 271 g/mol. The molecule has 1 amide bonds. The van der Waals surface area contributed by atoms with Gasteiger partial charge in [0.2, 0.25) is 5.91 Å². The standard InChI is InChI=1S/C16H14ClNO/c17-15-7-5-12(6-8-15)9-16(19)18-10-13-3-1-2-4-14(13)11-18/h1-8H,9-11H2. The van der Waals surface area contributed by atoms with E-state index in [1.807, 2.05) is 41.3 Å². The molecule has 0 saturated heterocycles. The van der Waals surface area contributed by atoms with Crippen LogP contribution in [-0.4, -0.2) is 10.8 Å². The first-order chi connectivity index (χ1) is 9.22. The lowest BCUT2D eigenvalue weighted by molar-refractivity contribution is -0.131. The molecule has 1 aliphatic heterocycles. The van der Waals surface area contributed by atoms with Gasteiger partial charge in [0.25, 0.3) is 0 Å². The van der Waals surface area contributed by atoms with Crippen LogP contribution in [0, 0.1) is 0 Å². The molecule has 0 aromatic heterocycles. The molecule has 0 N–H and O–H groups in total. The van der Waals surface area contributed by atoms with Gasteiger partial charge in [0.05, 0.1) is 6.42 Å². The van der Waals surface area contributed by atoms with Gasteiger partial charge in [-0.1, -0.05) is 48.0 Å². The predicted molar refractivity (Wildman–Crippen MR) is 75.9 cm³/mol. The molecule has 96 valence electrons. The first kappa shape index (κ1) is 12.2. The highest BCUT2D eigenvalue weighted by molar-refractivity contribution is 6.30. The van der Waals surface area contributed by atoms with Gasteiger partial charge in [-0.25, -0.2) is 0 Å². The Kier molecular flexibility index (Phi) is 3.26. The van der Waals surface area contributed by atoms with Crippen LogP contribution in [0.25, 0.3) is 0 Å². The van der Waals surface area contributed by atoms with Crippen molar-refractivity contribution in [2.75, 3.05) is 0 Å². The highest BCUT2D eigenvalue weighted by Crippen LogP contribution is 2.23. The first-order valence-corrected chi connectivity index (χ1v) is 6.69. The van der Waals surface area contributed by atoms with E-state index in [1.165, 1.54) is 11.1 Å². The summed E-state index contributed by atoms with van der Waals surface area (Å²) in [6.45, 7) is 1.45. The van der Waals surface area contributed by atoms with Crippen LogP contribution in [0.4, 0.5) is 0 Å². The van der Waals surface area contributed by atoms with E-state index in [4.69, 9.17) is 11.6 Å². The summed E-state index contributed by atoms with van der Waals surface area (Å²) < 4.78 is 0. The Balaban J connectivity index is 1.68. The van der Waals surface area contributed by atoms with E-state index >= 15 is 0 Å². The van der Waals surface area contributed by atoms with Crippen LogP contribution in [0.2, 0.25) is 5.02 Å². The van der Waals surface area contributed by atoms with Crippen molar-refractivity contribution in [3.63, 3.8) is 0 Å². The Morgan fingerprint density at radius 3 is 2.16 bits per heavy atom. The summed E-state index contributed by atoms with van der Waals surface area (Å²) in [5, 5.41) is 0.699. The Morgan fingerprint density at radius 1 is 1.00 bits per heavy atom. The van der Waals surface area contributed by atoms with Crippen molar-refractivity contribution in [2.45, 2.75) is 19.5 Å². The number of fused-ring (bicyclic) bond motifs is 1. The molecule has 2 nitrogen and oxygen atoms in total. The maximum Gasteiger partial charge on any atom is 0.227 e. The smallest absolute Gasteiger partial charge is 0.227 e. The quantitative estimate of drug-likeness (QED) is 0.820. The second-order valence-corrected chi connectivity index (χ2v) is 5.26. The summed E-state index contributed by atoms with van der Waals surface area (Å²) in [4.78, 5) is 14.2. The van der Waals surface area contributed by atoms with Gasteiger partial charge in [0.1, 0.15) is 0 Å². The molecule has 3 rings (SSSR count). The van der Waals surface area contributed by atoms with E-state index in [9.17, 15) is 4.79 Å². The van der Waals surface area contributed by atoms with Crippen molar-refractivity contribution in [3.8, 4) is 0 Å². The fourth-order valence-corrected chi connectivity index (χ4v) is 2.52. The van der Waals surface area contributed by atoms with Gasteiger partial charge in [-0.05, 0) is 28.8 Å². The predicted octanol–water partition coefficient (Wildman–Crippen LogP) is 3.42.